The summed E-state index contributed by atoms with van der Waals surface area (Å²) in [4.78, 5) is 0. The van der Waals surface area contributed by atoms with Crippen molar-refractivity contribution < 1.29 is 5.48 Å². The zero-order valence-corrected chi connectivity index (χ0v) is 12.1. The van der Waals surface area contributed by atoms with Crippen molar-refractivity contribution in [3.8, 4) is 0 Å². The summed E-state index contributed by atoms with van der Waals surface area (Å²) in [5, 5.41) is 2.75. The Morgan fingerprint density at radius 1 is 0.562 bits per heavy atom. The van der Waals surface area contributed by atoms with Crippen molar-refractivity contribution >= 4 is 0 Å². The molecule has 0 spiro atoms. The first-order chi connectivity index (χ1) is 7.33. The molecule has 0 amide bonds. The minimum Gasteiger partial charge on any atom is -0.412 e. The van der Waals surface area contributed by atoms with Gasteiger partial charge in [0.05, 0.1) is 0 Å². The highest BCUT2D eigenvalue weighted by atomic mass is 16.0. The number of hydrogen-bond donors (Lipinski definition) is 1. The van der Waals surface area contributed by atoms with Crippen LogP contribution in [-0.2, 0) is 0 Å². The third-order valence-corrected chi connectivity index (χ3v) is 2.46. The number of nitrogens with one attached hydrogen (secondary N) is 1. The molecule has 0 unspecified atom stereocenters. The lowest BCUT2D eigenvalue weighted by molar-refractivity contribution is 0.562. The Labute approximate surface area is 104 Å². The van der Waals surface area contributed by atoms with Gasteiger partial charge < -0.3 is 10.8 Å². The van der Waals surface area contributed by atoms with E-state index in [-0.39, 0.29) is 5.48 Å². The summed E-state index contributed by atoms with van der Waals surface area (Å²) in [5.41, 5.74) is 0. The van der Waals surface area contributed by atoms with Crippen LogP contribution in [0.3, 0.4) is 0 Å². The molecule has 102 valence electrons. The molecule has 3 N–H and O–H groups in total. The lowest BCUT2D eigenvalue weighted by Crippen LogP contribution is -1.89. The highest BCUT2D eigenvalue weighted by Gasteiger charge is 1.90. The van der Waals surface area contributed by atoms with Crippen molar-refractivity contribution in [2.75, 3.05) is 14.1 Å². The van der Waals surface area contributed by atoms with Gasteiger partial charge in [-0.3, -0.25) is 0 Å². The zero-order chi connectivity index (χ0) is 11.8. The monoisotopic (exact) mass is 233 g/mol. The van der Waals surface area contributed by atoms with Crippen LogP contribution in [0.1, 0.15) is 78.1 Å². The van der Waals surface area contributed by atoms with Gasteiger partial charge in [-0.25, -0.2) is 0 Å². The Bertz CT molecular complexity index is 76.8. The molecule has 0 saturated heterocycles. The Morgan fingerprint density at radius 3 is 0.938 bits per heavy atom. The van der Waals surface area contributed by atoms with Crippen molar-refractivity contribution in [1.29, 1.82) is 0 Å². The second-order valence-electron chi connectivity index (χ2n) is 4.33. The van der Waals surface area contributed by atoms with Crippen LogP contribution >= 0.6 is 0 Å². The summed E-state index contributed by atoms with van der Waals surface area (Å²) in [7, 11) is 3.75. The van der Waals surface area contributed by atoms with E-state index in [1.165, 1.54) is 64.2 Å². The SMILES string of the molecule is CCCCCCCCCCCC.CNC.O. The smallest absolute Gasteiger partial charge is 0.0167 e. The third-order valence-electron chi connectivity index (χ3n) is 2.46. The van der Waals surface area contributed by atoms with E-state index in [0.717, 1.165) is 0 Å². The second kappa shape index (κ2) is 24.2. The van der Waals surface area contributed by atoms with E-state index in [0.29, 0.717) is 0 Å². The van der Waals surface area contributed by atoms with E-state index >= 15 is 0 Å². The molecule has 0 aliphatic carbocycles. The van der Waals surface area contributed by atoms with Crippen LogP contribution < -0.4 is 5.32 Å². The summed E-state index contributed by atoms with van der Waals surface area (Å²) < 4.78 is 0. The standard InChI is InChI=1S/C12H26.C2H7N.H2O/c1-3-5-7-9-11-12-10-8-6-4-2;1-3-2;/h3-12H2,1-2H3;3H,1-2H3;1H2. The van der Waals surface area contributed by atoms with Crippen LogP contribution in [0.5, 0.6) is 0 Å². The van der Waals surface area contributed by atoms with Crippen LogP contribution in [0.25, 0.3) is 0 Å². The van der Waals surface area contributed by atoms with Gasteiger partial charge in [0.25, 0.3) is 0 Å². The van der Waals surface area contributed by atoms with E-state index in [4.69, 9.17) is 0 Å². The first-order valence-electron chi connectivity index (χ1n) is 6.91. The highest BCUT2D eigenvalue weighted by Crippen LogP contribution is 2.09. The molecule has 2 heteroatoms. The Balaban J connectivity index is -0.000000377. The molecular weight excluding hydrogens is 198 g/mol. The molecule has 0 aromatic heterocycles. The van der Waals surface area contributed by atoms with Gasteiger partial charge in [0, 0.05) is 0 Å². The van der Waals surface area contributed by atoms with Gasteiger partial charge in [-0.15, -0.1) is 0 Å². The predicted octanol–water partition coefficient (Wildman–Crippen LogP) is 3.94. The van der Waals surface area contributed by atoms with Crippen LogP contribution in [0.4, 0.5) is 0 Å². The minimum absolute atomic E-state index is 0. The fourth-order valence-electron chi connectivity index (χ4n) is 1.56. The van der Waals surface area contributed by atoms with Gasteiger partial charge in [-0.2, -0.15) is 0 Å². The van der Waals surface area contributed by atoms with Gasteiger partial charge in [0.15, 0.2) is 0 Å². The number of hydrogen-bond acceptors (Lipinski definition) is 1. The molecule has 0 aliphatic heterocycles. The zero-order valence-electron chi connectivity index (χ0n) is 12.1. The minimum atomic E-state index is 0. The number of unbranched alkanes of at least 4 members (excludes halogenated alkanes) is 9. The summed E-state index contributed by atoms with van der Waals surface area (Å²) in [6.45, 7) is 4.56. The second-order valence-corrected chi connectivity index (χ2v) is 4.33. The average molecular weight is 233 g/mol. The molecule has 0 aromatic carbocycles. The molecule has 0 saturated carbocycles. The van der Waals surface area contributed by atoms with Crippen LogP contribution in [0.2, 0.25) is 0 Å². The molecule has 0 radical (unpaired) electrons. The van der Waals surface area contributed by atoms with Crippen molar-refractivity contribution in [1.82, 2.24) is 5.32 Å². The quantitative estimate of drug-likeness (QED) is 0.602. The molecular formula is C14H35NO. The molecule has 0 fully saturated rings. The summed E-state index contributed by atoms with van der Waals surface area (Å²) in [6.07, 6.45) is 14.4. The summed E-state index contributed by atoms with van der Waals surface area (Å²) in [6, 6.07) is 0. The molecule has 0 aromatic rings. The average Bonchev–Trinajstić information content (AvgIpc) is 2.23. The van der Waals surface area contributed by atoms with Gasteiger partial charge in [-0.1, -0.05) is 78.1 Å². The molecule has 0 heterocycles. The van der Waals surface area contributed by atoms with E-state index < -0.39 is 0 Å². The maximum atomic E-state index is 2.75. The Morgan fingerprint density at radius 2 is 0.750 bits per heavy atom. The third kappa shape index (κ3) is 29.2. The predicted molar refractivity (Wildman–Crippen MR) is 76.1 cm³/mol. The number of rotatable bonds is 9. The first-order valence-corrected chi connectivity index (χ1v) is 6.91. The van der Waals surface area contributed by atoms with Crippen molar-refractivity contribution in [3.63, 3.8) is 0 Å². The lowest BCUT2D eigenvalue weighted by atomic mass is 10.1. The fourth-order valence-corrected chi connectivity index (χ4v) is 1.56. The van der Waals surface area contributed by atoms with Crippen molar-refractivity contribution in [3.05, 3.63) is 0 Å². The Hall–Kier alpha value is -0.0800. The molecule has 0 rings (SSSR count). The van der Waals surface area contributed by atoms with Crippen molar-refractivity contribution in [2.24, 2.45) is 0 Å². The van der Waals surface area contributed by atoms with Crippen LogP contribution in [0, 0.1) is 0 Å². The Kier molecular flexibility index (Phi) is 32.2. The molecule has 0 aliphatic rings. The first kappa shape index (κ1) is 21.2. The topological polar surface area (TPSA) is 43.5 Å². The highest BCUT2D eigenvalue weighted by molar-refractivity contribution is 4.45. The van der Waals surface area contributed by atoms with Gasteiger partial charge >= 0.3 is 0 Å². The maximum absolute atomic E-state index is 2.75. The van der Waals surface area contributed by atoms with E-state index in [1.807, 2.05) is 14.1 Å². The summed E-state index contributed by atoms with van der Waals surface area (Å²) in [5.74, 6) is 0. The molecule has 0 atom stereocenters. The maximum Gasteiger partial charge on any atom is -0.0167 e. The van der Waals surface area contributed by atoms with Gasteiger partial charge in [0.2, 0.25) is 0 Å². The van der Waals surface area contributed by atoms with Crippen LogP contribution in [-0.4, -0.2) is 19.6 Å². The summed E-state index contributed by atoms with van der Waals surface area (Å²) >= 11 is 0. The molecule has 0 bridgehead atoms. The van der Waals surface area contributed by atoms with Gasteiger partial charge in [0.1, 0.15) is 0 Å². The van der Waals surface area contributed by atoms with E-state index in [1.54, 1.807) is 0 Å². The molecule has 2 nitrogen and oxygen atoms in total. The molecule has 16 heavy (non-hydrogen) atoms. The van der Waals surface area contributed by atoms with E-state index in [2.05, 4.69) is 19.2 Å². The van der Waals surface area contributed by atoms with Crippen LogP contribution in [0.15, 0.2) is 0 Å². The fraction of sp³-hybridized carbons (Fsp3) is 1.00. The largest absolute Gasteiger partial charge is 0.412 e. The lowest BCUT2D eigenvalue weighted by Gasteiger charge is -1.99. The van der Waals surface area contributed by atoms with E-state index in [9.17, 15) is 0 Å². The normalized spacial score (nSPS) is 9.00. The van der Waals surface area contributed by atoms with Crippen molar-refractivity contribution in [2.45, 2.75) is 78.1 Å². The van der Waals surface area contributed by atoms with Gasteiger partial charge in [-0.05, 0) is 14.1 Å².